The fraction of sp³-hybridized carbons (Fsp3) is 0.133. The number of ether oxygens (including phenoxy) is 2. The monoisotopic (exact) mass is 322 g/mol. The summed E-state index contributed by atoms with van der Waals surface area (Å²) in [6, 6.07) is 7.10. The van der Waals surface area contributed by atoms with Crippen LogP contribution in [0.25, 0.3) is 22.5 Å². The maximum Gasteiger partial charge on any atom is 0.285 e. The van der Waals surface area contributed by atoms with Crippen molar-refractivity contribution >= 4 is 16.8 Å². The number of pyridine rings is 1. The van der Waals surface area contributed by atoms with Crippen LogP contribution in [0.1, 0.15) is 0 Å². The smallest absolute Gasteiger partial charge is 0.285 e. The topological polar surface area (TPSA) is 96.4 Å². The molecule has 0 spiro atoms. The van der Waals surface area contributed by atoms with Gasteiger partial charge in [-0.05, 0) is 18.2 Å². The van der Waals surface area contributed by atoms with Crippen molar-refractivity contribution < 1.29 is 9.47 Å². The van der Waals surface area contributed by atoms with Gasteiger partial charge in [0.2, 0.25) is 0 Å². The van der Waals surface area contributed by atoms with Gasteiger partial charge in [0.15, 0.2) is 17.0 Å². The Hall–Kier alpha value is -3.49. The molecular weight excluding hydrogens is 312 g/mol. The van der Waals surface area contributed by atoms with E-state index in [-0.39, 0.29) is 11.1 Å². The molecule has 0 amide bonds. The van der Waals surface area contributed by atoms with E-state index in [0.29, 0.717) is 41.7 Å². The van der Waals surface area contributed by atoms with Gasteiger partial charge in [0.25, 0.3) is 11.3 Å². The third-order valence-electron chi connectivity index (χ3n) is 3.85. The Kier molecular flexibility index (Phi) is 2.57. The van der Waals surface area contributed by atoms with E-state index in [1.807, 2.05) is 0 Å². The molecule has 0 bridgehead atoms. The van der Waals surface area contributed by atoms with Crippen molar-refractivity contribution in [3.63, 3.8) is 0 Å². The minimum absolute atomic E-state index is 0.213. The molecule has 0 unspecified atom stereocenters. The highest BCUT2D eigenvalue weighted by atomic mass is 16.6. The Morgan fingerprint density at radius 2 is 1.92 bits per heavy atom. The van der Waals surface area contributed by atoms with Gasteiger partial charge >= 0.3 is 0 Å². The van der Waals surface area contributed by atoms with Crippen LogP contribution in [0.5, 0.6) is 11.5 Å². The number of rotatable bonds is 1. The lowest BCUT2D eigenvalue weighted by Crippen LogP contribution is -2.21. The van der Waals surface area contributed by atoms with E-state index >= 15 is 0 Å². The number of hydrogen-bond donors (Lipinski definition) is 0. The SMILES string of the molecule is O=c1c2nnc3ncnn3c2ccn1-c1ccc2c(c1)OCCO2. The minimum atomic E-state index is -0.297. The van der Waals surface area contributed by atoms with Gasteiger partial charge in [-0.1, -0.05) is 0 Å². The van der Waals surface area contributed by atoms with Crippen molar-refractivity contribution in [3.8, 4) is 17.2 Å². The predicted molar refractivity (Wildman–Crippen MR) is 82.7 cm³/mol. The molecule has 24 heavy (non-hydrogen) atoms. The molecule has 0 aliphatic carbocycles. The molecule has 4 heterocycles. The molecule has 1 aliphatic heterocycles. The number of fused-ring (bicyclic) bond motifs is 4. The van der Waals surface area contributed by atoms with E-state index in [2.05, 4.69) is 20.3 Å². The number of hydrogen-bond acceptors (Lipinski definition) is 7. The number of nitrogens with zero attached hydrogens (tertiary/aromatic N) is 6. The third kappa shape index (κ3) is 1.78. The Bertz CT molecular complexity index is 1150. The van der Waals surface area contributed by atoms with Crippen LogP contribution in [0.4, 0.5) is 0 Å². The van der Waals surface area contributed by atoms with E-state index in [1.165, 1.54) is 15.4 Å². The maximum absolute atomic E-state index is 12.8. The molecule has 1 aromatic carbocycles. The van der Waals surface area contributed by atoms with E-state index in [0.717, 1.165) is 0 Å². The largest absolute Gasteiger partial charge is 0.486 e. The second-order valence-corrected chi connectivity index (χ2v) is 5.22. The Morgan fingerprint density at radius 1 is 1.04 bits per heavy atom. The van der Waals surface area contributed by atoms with Gasteiger partial charge < -0.3 is 9.47 Å². The second kappa shape index (κ2) is 4.75. The zero-order valence-electron chi connectivity index (χ0n) is 12.3. The van der Waals surface area contributed by atoms with Crippen molar-refractivity contribution in [2.45, 2.75) is 0 Å². The van der Waals surface area contributed by atoms with Crippen LogP contribution in [0.3, 0.4) is 0 Å². The first kappa shape index (κ1) is 13.0. The van der Waals surface area contributed by atoms with Gasteiger partial charge in [0, 0.05) is 12.3 Å². The van der Waals surface area contributed by atoms with E-state index < -0.39 is 0 Å². The van der Waals surface area contributed by atoms with Crippen molar-refractivity contribution in [1.82, 2.24) is 29.4 Å². The first-order chi connectivity index (χ1) is 11.8. The molecule has 5 rings (SSSR count). The van der Waals surface area contributed by atoms with Crippen LogP contribution in [0, 0.1) is 0 Å². The summed E-state index contributed by atoms with van der Waals surface area (Å²) in [6.07, 6.45) is 3.04. The highest BCUT2D eigenvalue weighted by molar-refractivity contribution is 5.74. The Balaban J connectivity index is 1.74. The van der Waals surface area contributed by atoms with Crippen LogP contribution in [0.15, 0.2) is 41.6 Å². The average Bonchev–Trinajstić information content (AvgIpc) is 3.11. The molecule has 1 aliphatic rings. The highest BCUT2D eigenvalue weighted by Gasteiger charge is 2.15. The summed E-state index contributed by atoms with van der Waals surface area (Å²) in [5.41, 5.74) is 1.13. The highest BCUT2D eigenvalue weighted by Crippen LogP contribution is 2.31. The fourth-order valence-electron chi connectivity index (χ4n) is 2.73. The van der Waals surface area contributed by atoms with Gasteiger partial charge in [-0.2, -0.15) is 14.6 Å². The summed E-state index contributed by atoms with van der Waals surface area (Å²) < 4.78 is 14.0. The molecule has 0 saturated heterocycles. The summed E-state index contributed by atoms with van der Waals surface area (Å²) in [5.74, 6) is 1.63. The van der Waals surface area contributed by atoms with E-state index in [1.54, 1.807) is 30.5 Å². The minimum Gasteiger partial charge on any atom is -0.486 e. The summed E-state index contributed by atoms with van der Waals surface area (Å²) in [6.45, 7) is 1.00. The van der Waals surface area contributed by atoms with Crippen LogP contribution >= 0.6 is 0 Å². The van der Waals surface area contributed by atoms with Crippen molar-refractivity contribution in [2.75, 3.05) is 13.2 Å². The van der Waals surface area contributed by atoms with Gasteiger partial charge in [0.05, 0.1) is 5.69 Å². The molecule has 0 N–H and O–H groups in total. The Labute approximate surface area is 134 Å². The summed E-state index contributed by atoms with van der Waals surface area (Å²) in [4.78, 5) is 16.8. The first-order valence-corrected chi connectivity index (χ1v) is 7.29. The number of aromatic nitrogens is 6. The summed E-state index contributed by atoms with van der Waals surface area (Å²) in [7, 11) is 0. The quantitative estimate of drug-likeness (QED) is 0.506. The average molecular weight is 322 g/mol. The molecular formula is C15H10N6O3. The standard InChI is InChI=1S/C15H10N6O3/c22-14-13-10(21-15(19-18-13)16-8-17-21)3-4-20(14)9-1-2-11-12(7-9)24-6-5-23-11/h1-4,7-8H,5-6H2. The van der Waals surface area contributed by atoms with Crippen LogP contribution in [-0.2, 0) is 0 Å². The van der Waals surface area contributed by atoms with Gasteiger partial charge in [-0.15, -0.1) is 10.2 Å². The first-order valence-electron chi connectivity index (χ1n) is 7.29. The molecule has 0 saturated carbocycles. The normalized spacial score (nSPS) is 13.5. The molecule has 0 atom stereocenters. The second-order valence-electron chi connectivity index (χ2n) is 5.22. The summed E-state index contributed by atoms with van der Waals surface area (Å²) in [5, 5.41) is 12.0. The van der Waals surface area contributed by atoms with Crippen molar-refractivity contribution in [1.29, 1.82) is 0 Å². The van der Waals surface area contributed by atoms with Crippen LogP contribution < -0.4 is 15.0 Å². The van der Waals surface area contributed by atoms with Gasteiger partial charge in [-0.25, -0.2) is 0 Å². The Morgan fingerprint density at radius 3 is 2.83 bits per heavy atom. The van der Waals surface area contributed by atoms with Gasteiger partial charge in [-0.3, -0.25) is 9.36 Å². The predicted octanol–water partition coefficient (Wildman–Crippen LogP) is 0.595. The lowest BCUT2D eigenvalue weighted by molar-refractivity contribution is 0.171. The maximum atomic E-state index is 12.8. The van der Waals surface area contributed by atoms with Crippen LogP contribution in [-0.4, -0.2) is 42.6 Å². The van der Waals surface area contributed by atoms with E-state index in [4.69, 9.17) is 9.47 Å². The molecule has 118 valence electrons. The van der Waals surface area contributed by atoms with Crippen molar-refractivity contribution in [2.24, 2.45) is 0 Å². The van der Waals surface area contributed by atoms with Crippen molar-refractivity contribution in [3.05, 3.63) is 47.1 Å². The number of benzene rings is 1. The zero-order valence-corrected chi connectivity index (χ0v) is 12.3. The molecule has 9 nitrogen and oxygen atoms in total. The zero-order chi connectivity index (χ0) is 16.1. The van der Waals surface area contributed by atoms with Gasteiger partial charge in [0.1, 0.15) is 25.1 Å². The molecule has 9 heteroatoms. The molecule has 0 radical (unpaired) electrons. The molecule has 0 fully saturated rings. The fourth-order valence-corrected chi connectivity index (χ4v) is 2.73. The van der Waals surface area contributed by atoms with Crippen LogP contribution in [0.2, 0.25) is 0 Å². The summed E-state index contributed by atoms with van der Waals surface area (Å²) >= 11 is 0. The third-order valence-corrected chi connectivity index (χ3v) is 3.85. The lowest BCUT2D eigenvalue weighted by atomic mass is 10.2. The molecule has 4 aromatic rings. The van der Waals surface area contributed by atoms with E-state index in [9.17, 15) is 4.79 Å². The lowest BCUT2D eigenvalue weighted by Gasteiger charge is -2.19. The molecule has 3 aromatic heterocycles.